The largest absolute Gasteiger partial charge is 0.368 e. The molecule has 0 spiro atoms. The summed E-state index contributed by atoms with van der Waals surface area (Å²) < 4.78 is 26.0. The first-order valence-electron chi connectivity index (χ1n) is 3.78. The van der Waals surface area contributed by atoms with Crippen LogP contribution in [0.25, 0.3) is 0 Å². The van der Waals surface area contributed by atoms with Crippen LogP contribution >= 0.6 is 0 Å². The van der Waals surface area contributed by atoms with Gasteiger partial charge in [0.1, 0.15) is 17.7 Å². The van der Waals surface area contributed by atoms with Crippen molar-refractivity contribution in [3.05, 3.63) is 34.9 Å². The molecule has 0 atom stereocenters. The minimum atomic E-state index is -1.74. The second-order valence-corrected chi connectivity index (χ2v) is 2.72. The summed E-state index contributed by atoms with van der Waals surface area (Å²) in [6.07, 6.45) is -2.15. The molecule has 1 rings (SSSR count). The van der Waals surface area contributed by atoms with Crippen molar-refractivity contribution in [3.63, 3.8) is 0 Å². The number of aliphatic hydroxyl groups excluding tert-OH is 1. The Labute approximate surface area is 78.8 Å². The van der Waals surface area contributed by atoms with E-state index in [9.17, 15) is 8.78 Å². The van der Waals surface area contributed by atoms with E-state index in [1.54, 1.807) is 0 Å². The molecule has 0 aliphatic rings. The zero-order valence-corrected chi connectivity index (χ0v) is 7.04. The summed E-state index contributed by atoms with van der Waals surface area (Å²) in [7, 11) is 0. The van der Waals surface area contributed by atoms with Crippen molar-refractivity contribution in [1.29, 1.82) is 5.26 Å². The number of rotatable bonds is 2. The van der Waals surface area contributed by atoms with Gasteiger partial charge in [-0.1, -0.05) is 0 Å². The molecule has 3 nitrogen and oxygen atoms in total. The van der Waals surface area contributed by atoms with Crippen LogP contribution in [0.2, 0.25) is 0 Å². The predicted octanol–water partition coefficient (Wildman–Crippen LogP) is 0.690. The molecule has 2 N–H and O–H groups in total. The summed E-state index contributed by atoms with van der Waals surface area (Å²) in [5.74, 6) is -1.69. The highest BCUT2D eigenvalue weighted by Crippen LogP contribution is 2.15. The van der Waals surface area contributed by atoms with Crippen LogP contribution in [0.15, 0.2) is 12.1 Å². The van der Waals surface area contributed by atoms with Crippen LogP contribution in [-0.4, -0.2) is 16.5 Å². The Morgan fingerprint density at radius 1 is 1.29 bits per heavy atom. The molecule has 0 radical (unpaired) electrons. The lowest BCUT2D eigenvalue weighted by molar-refractivity contribution is -0.0387. The lowest BCUT2D eigenvalue weighted by atomic mass is 10.1. The molecule has 0 fully saturated rings. The van der Waals surface area contributed by atoms with Gasteiger partial charge in [-0.25, -0.2) is 8.78 Å². The highest BCUT2D eigenvalue weighted by molar-refractivity contribution is 5.34. The number of nitriles is 1. The first-order valence-corrected chi connectivity index (χ1v) is 3.78. The van der Waals surface area contributed by atoms with Gasteiger partial charge in [-0.15, -0.1) is 0 Å². The van der Waals surface area contributed by atoms with Crippen molar-refractivity contribution >= 4 is 0 Å². The van der Waals surface area contributed by atoms with Crippen LogP contribution in [-0.2, 0) is 6.42 Å². The van der Waals surface area contributed by atoms with Crippen molar-refractivity contribution in [2.75, 3.05) is 0 Å². The smallest absolute Gasteiger partial charge is 0.155 e. The SMILES string of the molecule is N#Cc1cc(F)c(CC(O)O)cc1F. The highest BCUT2D eigenvalue weighted by atomic mass is 19.1. The summed E-state index contributed by atoms with van der Waals surface area (Å²) in [5.41, 5.74) is -0.574. The number of benzene rings is 1. The zero-order chi connectivity index (χ0) is 10.7. The maximum absolute atomic E-state index is 13.0. The van der Waals surface area contributed by atoms with Crippen molar-refractivity contribution in [1.82, 2.24) is 0 Å². The topological polar surface area (TPSA) is 64.2 Å². The lowest BCUT2D eigenvalue weighted by Crippen LogP contribution is -2.10. The van der Waals surface area contributed by atoms with Gasteiger partial charge >= 0.3 is 0 Å². The van der Waals surface area contributed by atoms with E-state index in [2.05, 4.69) is 0 Å². The summed E-state index contributed by atoms with van der Waals surface area (Å²) >= 11 is 0. The maximum Gasteiger partial charge on any atom is 0.155 e. The van der Waals surface area contributed by atoms with Crippen LogP contribution in [0.3, 0.4) is 0 Å². The summed E-state index contributed by atoms with van der Waals surface area (Å²) in [6.45, 7) is 0. The Hall–Kier alpha value is -1.51. The molecule has 0 aliphatic heterocycles. The monoisotopic (exact) mass is 199 g/mol. The summed E-state index contributed by atoms with van der Waals surface area (Å²) in [5, 5.41) is 25.5. The van der Waals surface area contributed by atoms with E-state index < -0.39 is 29.9 Å². The average Bonchev–Trinajstić information content (AvgIpc) is 2.10. The van der Waals surface area contributed by atoms with Gasteiger partial charge in [0.2, 0.25) is 0 Å². The maximum atomic E-state index is 13.0. The number of aliphatic hydroxyl groups is 2. The lowest BCUT2D eigenvalue weighted by Gasteiger charge is -2.05. The van der Waals surface area contributed by atoms with Gasteiger partial charge in [-0.3, -0.25) is 0 Å². The molecule has 5 heteroatoms. The summed E-state index contributed by atoms with van der Waals surface area (Å²) in [6, 6.07) is 2.99. The predicted molar refractivity (Wildman–Crippen MR) is 43.0 cm³/mol. The Balaban J connectivity index is 3.10. The minimum absolute atomic E-state index is 0.170. The molecule has 1 aromatic rings. The number of nitrogens with zero attached hydrogens (tertiary/aromatic N) is 1. The standard InChI is InChI=1S/C9H7F2NO2/c10-7-2-6(4-12)8(11)1-5(7)3-9(13)14/h1-2,9,13-14H,3H2. The Morgan fingerprint density at radius 2 is 1.93 bits per heavy atom. The second-order valence-electron chi connectivity index (χ2n) is 2.72. The Kier molecular flexibility index (Phi) is 3.12. The molecule has 0 aromatic heterocycles. The molecule has 0 saturated heterocycles. The second kappa shape index (κ2) is 4.13. The average molecular weight is 199 g/mol. The van der Waals surface area contributed by atoms with Gasteiger partial charge in [0.15, 0.2) is 6.29 Å². The van der Waals surface area contributed by atoms with Crippen molar-refractivity contribution < 1.29 is 19.0 Å². The molecule has 74 valence electrons. The van der Waals surface area contributed by atoms with E-state index in [-0.39, 0.29) is 5.56 Å². The fraction of sp³-hybridized carbons (Fsp3) is 0.222. The fourth-order valence-electron chi connectivity index (χ4n) is 1.03. The van der Waals surface area contributed by atoms with Crippen molar-refractivity contribution in [2.24, 2.45) is 0 Å². The molecule has 0 unspecified atom stereocenters. The van der Waals surface area contributed by atoms with Crippen LogP contribution in [0.4, 0.5) is 8.78 Å². The van der Waals surface area contributed by atoms with Gasteiger partial charge in [-0.2, -0.15) is 5.26 Å². The van der Waals surface area contributed by atoms with Crippen LogP contribution in [0, 0.1) is 23.0 Å². The molecule has 14 heavy (non-hydrogen) atoms. The Morgan fingerprint density at radius 3 is 2.43 bits per heavy atom. The number of hydrogen-bond acceptors (Lipinski definition) is 3. The third-order valence-corrected chi connectivity index (χ3v) is 1.66. The zero-order valence-electron chi connectivity index (χ0n) is 7.04. The van der Waals surface area contributed by atoms with Gasteiger partial charge in [0, 0.05) is 6.42 Å². The van der Waals surface area contributed by atoms with Crippen molar-refractivity contribution in [3.8, 4) is 6.07 Å². The van der Waals surface area contributed by atoms with Crippen LogP contribution in [0.1, 0.15) is 11.1 Å². The Bertz CT molecular complexity index is 385. The van der Waals surface area contributed by atoms with Crippen LogP contribution in [0.5, 0.6) is 0 Å². The number of hydrogen-bond donors (Lipinski definition) is 2. The molecular formula is C9H7F2NO2. The van der Waals surface area contributed by atoms with E-state index in [1.807, 2.05) is 0 Å². The normalized spacial score (nSPS) is 10.3. The van der Waals surface area contributed by atoms with E-state index in [4.69, 9.17) is 15.5 Å². The molecule has 0 amide bonds. The van der Waals surface area contributed by atoms with Gasteiger partial charge < -0.3 is 10.2 Å². The van der Waals surface area contributed by atoms with Crippen molar-refractivity contribution in [2.45, 2.75) is 12.7 Å². The third kappa shape index (κ3) is 2.25. The fourth-order valence-corrected chi connectivity index (χ4v) is 1.03. The molecule has 0 aliphatic carbocycles. The van der Waals surface area contributed by atoms with Gasteiger partial charge in [-0.05, 0) is 17.7 Å². The first kappa shape index (κ1) is 10.6. The molecule has 1 aromatic carbocycles. The van der Waals surface area contributed by atoms with Gasteiger partial charge in [0.25, 0.3) is 0 Å². The summed E-state index contributed by atoms with van der Waals surface area (Å²) in [4.78, 5) is 0. The van der Waals surface area contributed by atoms with E-state index in [0.717, 1.165) is 12.1 Å². The van der Waals surface area contributed by atoms with E-state index in [0.29, 0.717) is 0 Å². The molecule has 0 heterocycles. The van der Waals surface area contributed by atoms with E-state index in [1.165, 1.54) is 6.07 Å². The highest BCUT2D eigenvalue weighted by Gasteiger charge is 2.11. The third-order valence-electron chi connectivity index (χ3n) is 1.66. The number of halogens is 2. The quantitative estimate of drug-likeness (QED) is 0.689. The van der Waals surface area contributed by atoms with Gasteiger partial charge in [0.05, 0.1) is 5.56 Å². The molecule has 0 bridgehead atoms. The van der Waals surface area contributed by atoms with Crippen LogP contribution < -0.4 is 0 Å². The first-order chi connectivity index (χ1) is 6.54. The molecular weight excluding hydrogens is 192 g/mol. The minimum Gasteiger partial charge on any atom is -0.368 e. The van der Waals surface area contributed by atoms with E-state index >= 15 is 0 Å². The molecule has 0 saturated carbocycles.